The fraction of sp³-hybridized carbons (Fsp3) is 0.0625. The molecule has 0 amide bonds. The molecule has 1 heterocycles. The van der Waals surface area contributed by atoms with Crippen LogP contribution in [0.25, 0.3) is 34.5 Å². The lowest BCUT2D eigenvalue weighted by molar-refractivity contribution is -0.137. The van der Waals surface area contributed by atoms with E-state index in [9.17, 15) is 27.5 Å². The number of carboxylic acid groups (broad SMARTS) is 1. The fourth-order valence-corrected chi connectivity index (χ4v) is 4.84. The molecule has 5 rings (SSSR count). The molecular weight excluding hydrogens is 591 g/mol. The van der Waals surface area contributed by atoms with Crippen molar-refractivity contribution in [2.75, 3.05) is 0 Å². The van der Waals surface area contributed by atoms with Gasteiger partial charge in [-0.15, -0.1) is 0 Å². The van der Waals surface area contributed by atoms with Gasteiger partial charge in [0.25, 0.3) is 0 Å². The highest BCUT2D eigenvalue weighted by Gasteiger charge is 2.31. The van der Waals surface area contributed by atoms with Crippen LogP contribution in [-0.4, -0.2) is 20.6 Å². The Bertz CT molecular complexity index is 1800. The van der Waals surface area contributed by atoms with E-state index < -0.39 is 23.5 Å². The summed E-state index contributed by atoms with van der Waals surface area (Å²) in [6.07, 6.45) is 0.768. The highest BCUT2D eigenvalue weighted by atomic mass is 35.5. The number of aromatic nitrogens is 2. The van der Waals surface area contributed by atoms with Crippen LogP contribution < -0.4 is 0 Å². The van der Waals surface area contributed by atoms with Crippen molar-refractivity contribution in [2.24, 2.45) is 0 Å². The molecule has 1 aromatic heterocycles. The van der Waals surface area contributed by atoms with Crippen molar-refractivity contribution in [3.8, 4) is 22.4 Å². The lowest BCUT2D eigenvalue weighted by Crippen LogP contribution is -2.05. The molecule has 0 aliphatic carbocycles. The summed E-state index contributed by atoms with van der Waals surface area (Å²) in [5.74, 6) is -1.21. The van der Waals surface area contributed by atoms with Crippen LogP contribution in [-0.2, 0) is 12.7 Å². The number of carbonyl (C=O) groups is 1. The third-order valence-electron chi connectivity index (χ3n) is 6.51. The molecule has 0 radical (unpaired) electrons. The summed E-state index contributed by atoms with van der Waals surface area (Å²) in [4.78, 5) is 16.0. The smallest absolute Gasteiger partial charge is 0.416 e. The molecule has 42 heavy (non-hydrogen) atoms. The number of carboxylic acids is 1. The standard InChI is InChI=1S/C32H20Cl2F4N2O2/c33-24-11-12-25(27(34)16-24)29-18-40(17-20-3-8-22(9-4-20)31(41)42)30(39-29)14-5-19-1-6-21(7-2-19)26-15-23(32(36,37)38)10-13-28(26)35/h1-16,18H,17H2,(H,41,42). The molecule has 0 saturated carbocycles. The molecule has 0 aliphatic rings. The predicted molar refractivity (Wildman–Crippen MR) is 156 cm³/mol. The molecule has 0 aliphatic heterocycles. The van der Waals surface area contributed by atoms with E-state index in [4.69, 9.17) is 28.2 Å². The van der Waals surface area contributed by atoms with Gasteiger partial charge in [0.1, 0.15) is 11.6 Å². The molecule has 0 fully saturated rings. The summed E-state index contributed by atoms with van der Waals surface area (Å²) < 4.78 is 55.6. The van der Waals surface area contributed by atoms with Gasteiger partial charge >= 0.3 is 12.1 Å². The van der Waals surface area contributed by atoms with Gasteiger partial charge < -0.3 is 9.67 Å². The molecule has 1 N–H and O–H groups in total. The number of nitrogens with zero attached hydrogens (tertiary/aromatic N) is 2. The first kappa shape index (κ1) is 29.1. The molecule has 0 unspecified atom stereocenters. The van der Waals surface area contributed by atoms with Crippen LogP contribution in [0, 0.1) is 5.82 Å². The molecule has 0 bridgehead atoms. The predicted octanol–water partition coefficient (Wildman–Crippen LogP) is 9.60. The van der Waals surface area contributed by atoms with Gasteiger partial charge in [0.2, 0.25) is 0 Å². The van der Waals surface area contributed by atoms with E-state index in [1.165, 1.54) is 12.1 Å². The maximum atomic E-state index is 14.4. The van der Waals surface area contributed by atoms with E-state index in [0.29, 0.717) is 50.9 Å². The first-order chi connectivity index (χ1) is 20.0. The maximum Gasteiger partial charge on any atom is 0.416 e. The van der Waals surface area contributed by atoms with Crippen molar-refractivity contribution >= 4 is 41.3 Å². The highest BCUT2D eigenvalue weighted by Crippen LogP contribution is 2.34. The third-order valence-corrected chi connectivity index (χ3v) is 7.06. The highest BCUT2D eigenvalue weighted by molar-refractivity contribution is 6.36. The first-order valence-electron chi connectivity index (χ1n) is 12.5. The largest absolute Gasteiger partial charge is 0.478 e. The van der Waals surface area contributed by atoms with Gasteiger partial charge in [-0.25, -0.2) is 14.2 Å². The van der Waals surface area contributed by atoms with Gasteiger partial charge in [-0.2, -0.15) is 13.2 Å². The number of alkyl halides is 3. The zero-order chi connectivity index (χ0) is 30.0. The van der Waals surface area contributed by atoms with E-state index in [-0.39, 0.29) is 11.1 Å². The van der Waals surface area contributed by atoms with Gasteiger partial charge in [-0.3, -0.25) is 0 Å². The second-order valence-corrected chi connectivity index (χ2v) is 10.2. The summed E-state index contributed by atoms with van der Waals surface area (Å²) >= 11 is 12.5. The zero-order valence-corrected chi connectivity index (χ0v) is 23.1. The Morgan fingerprint density at radius 3 is 2.24 bits per heavy atom. The van der Waals surface area contributed by atoms with Gasteiger partial charge in [0, 0.05) is 28.9 Å². The molecule has 5 aromatic rings. The number of halogens is 6. The SMILES string of the molecule is O=C(O)c1ccc(Cn2cc(-c3ccc(Cl)cc3Cl)nc2C=Cc2ccc(-c3cc(C(F)(F)F)ccc3F)cc2)cc1. The first-order valence-corrected chi connectivity index (χ1v) is 13.2. The quantitative estimate of drug-likeness (QED) is 0.187. The van der Waals surface area contributed by atoms with Crippen LogP contribution in [0.5, 0.6) is 0 Å². The van der Waals surface area contributed by atoms with Crippen molar-refractivity contribution in [3.05, 3.63) is 135 Å². The Morgan fingerprint density at radius 2 is 1.60 bits per heavy atom. The summed E-state index contributed by atoms with van der Waals surface area (Å²) in [5, 5.41) is 10.1. The summed E-state index contributed by atoms with van der Waals surface area (Å²) in [6.45, 7) is 0.380. The Balaban J connectivity index is 1.46. The van der Waals surface area contributed by atoms with E-state index in [1.807, 2.05) is 10.8 Å². The van der Waals surface area contributed by atoms with Crippen LogP contribution >= 0.6 is 23.2 Å². The Kier molecular flexibility index (Phi) is 8.20. The lowest BCUT2D eigenvalue weighted by Gasteiger charge is -2.10. The summed E-state index contributed by atoms with van der Waals surface area (Å²) in [7, 11) is 0. The summed E-state index contributed by atoms with van der Waals surface area (Å²) in [5.41, 5.74) is 2.22. The van der Waals surface area contributed by atoms with Crippen molar-refractivity contribution < 1.29 is 27.5 Å². The topological polar surface area (TPSA) is 55.1 Å². The molecule has 0 spiro atoms. The van der Waals surface area contributed by atoms with Crippen molar-refractivity contribution in [3.63, 3.8) is 0 Å². The second-order valence-electron chi connectivity index (χ2n) is 9.39. The average molecular weight is 611 g/mol. The van der Waals surface area contributed by atoms with E-state index in [1.54, 1.807) is 66.7 Å². The molecule has 0 atom stereocenters. The second kappa shape index (κ2) is 11.8. The maximum absolute atomic E-state index is 14.4. The number of aromatic carboxylic acids is 1. The van der Waals surface area contributed by atoms with Crippen molar-refractivity contribution in [1.29, 1.82) is 0 Å². The molecular formula is C32H20Cl2F4N2O2. The Labute approximate surface area is 248 Å². The van der Waals surface area contributed by atoms with Gasteiger partial charge in [-0.1, -0.05) is 65.7 Å². The minimum Gasteiger partial charge on any atom is -0.478 e. The zero-order valence-electron chi connectivity index (χ0n) is 21.5. The van der Waals surface area contributed by atoms with Crippen molar-refractivity contribution in [1.82, 2.24) is 9.55 Å². The van der Waals surface area contributed by atoms with E-state index >= 15 is 0 Å². The molecule has 4 aromatic carbocycles. The van der Waals surface area contributed by atoms with Crippen LogP contribution in [0.15, 0.2) is 91.1 Å². The lowest BCUT2D eigenvalue weighted by atomic mass is 10.0. The minimum atomic E-state index is -4.58. The fourth-order valence-electron chi connectivity index (χ4n) is 4.33. The van der Waals surface area contributed by atoms with Crippen LogP contribution in [0.3, 0.4) is 0 Å². The Hall–Kier alpha value is -4.40. The number of hydrogen-bond donors (Lipinski definition) is 1. The monoisotopic (exact) mass is 610 g/mol. The number of rotatable bonds is 7. The van der Waals surface area contributed by atoms with Crippen LogP contribution in [0.4, 0.5) is 17.6 Å². The normalized spacial score (nSPS) is 11.8. The van der Waals surface area contributed by atoms with Gasteiger partial charge in [-0.05, 0) is 71.3 Å². The van der Waals surface area contributed by atoms with E-state index in [2.05, 4.69) is 0 Å². The number of hydrogen-bond acceptors (Lipinski definition) is 2. The van der Waals surface area contributed by atoms with E-state index in [0.717, 1.165) is 17.7 Å². The van der Waals surface area contributed by atoms with Crippen LogP contribution in [0.2, 0.25) is 10.0 Å². The Morgan fingerprint density at radius 1 is 0.881 bits per heavy atom. The number of imidazole rings is 1. The third kappa shape index (κ3) is 6.56. The molecule has 0 saturated heterocycles. The van der Waals surface area contributed by atoms with Gasteiger partial charge in [0.15, 0.2) is 0 Å². The van der Waals surface area contributed by atoms with Crippen LogP contribution in [0.1, 0.15) is 32.9 Å². The number of benzene rings is 4. The summed E-state index contributed by atoms with van der Waals surface area (Å²) in [6, 6.07) is 20.3. The molecule has 4 nitrogen and oxygen atoms in total. The minimum absolute atomic E-state index is 0.144. The molecule has 10 heteroatoms. The van der Waals surface area contributed by atoms with Crippen molar-refractivity contribution in [2.45, 2.75) is 12.7 Å². The molecule has 212 valence electrons. The van der Waals surface area contributed by atoms with Gasteiger partial charge in [0.05, 0.1) is 21.8 Å². The average Bonchev–Trinajstić information content (AvgIpc) is 3.34.